The van der Waals surface area contributed by atoms with Crippen LogP contribution in [0.5, 0.6) is 0 Å². The van der Waals surface area contributed by atoms with Gasteiger partial charge in [0.2, 0.25) is 0 Å². The normalized spacial score (nSPS) is 10.5. The summed E-state index contributed by atoms with van der Waals surface area (Å²) in [6, 6.07) is 9.96. The average Bonchev–Trinajstić information content (AvgIpc) is 3.24. The Morgan fingerprint density at radius 2 is 1.88 bits per heavy atom. The van der Waals surface area contributed by atoms with Gasteiger partial charge >= 0.3 is 0 Å². The van der Waals surface area contributed by atoms with Crippen molar-refractivity contribution >= 4 is 33.4 Å². The maximum absolute atomic E-state index is 12.0. The Morgan fingerprint density at radius 3 is 2.48 bits per heavy atom. The van der Waals surface area contributed by atoms with Crippen LogP contribution in [0.2, 0.25) is 0 Å². The first-order chi connectivity index (χ1) is 11.9. The van der Waals surface area contributed by atoms with Gasteiger partial charge in [0.1, 0.15) is 0 Å². The zero-order chi connectivity index (χ0) is 18.0. The molecule has 0 spiro atoms. The first-order valence-electron chi connectivity index (χ1n) is 7.13. The Kier molecular flexibility index (Phi) is 4.61. The van der Waals surface area contributed by atoms with Gasteiger partial charge in [0.25, 0.3) is 17.6 Å². The van der Waals surface area contributed by atoms with E-state index in [4.69, 9.17) is 4.42 Å². The van der Waals surface area contributed by atoms with E-state index < -0.39 is 0 Å². The lowest BCUT2D eigenvalue weighted by Crippen LogP contribution is -2.23. The van der Waals surface area contributed by atoms with E-state index in [0.29, 0.717) is 16.0 Å². The summed E-state index contributed by atoms with van der Waals surface area (Å²) in [6.07, 6.45) is 0. The molecule has 3 rings (SSSR count). The molecule has 1 aromatic carbocycles. The predicted molar refractivity (Wildman–Crippen MR) is 91.5 cm³/mol. The summed E-state index contributed by atoms with van der Waals surface area (Å²) < 4.78 is 5.67. The van der Waals surface area contributed by atoms with Crippen molar-refractivity contribution in [2.75, 3.05) is 19.4 Å². The number of benzene rings is 1. The monoisotopic (exact) mass is 404 g/mol. The largest absolute Gasteiger partial charge is 0.444 e. The summed E-state index contributed by atoms with van der Waals surface area (Å²) in [7, 11) is 3.22. The first-order valence-corrected chi connectivity index (χ1v) is 7.92. The summed E-state index contributed by atoms with van der Waals surface area (Å²) in [4.78, 5) is 26.4. The van der Waals surface area contributed by atoms with Gasteiger partial charge in [-0.2, -0.15) is 0 Å². The van der Waals surface area contributed by atoms with Crippen LogP contribution in [0.15, 0.2) is 45.5 Å². The molecule has 0 saturated carbocycles. The summed E-state index contributed by atoms with van der Waals surface area (Å²) in [5.41, 5.74) is 1.18. The molecule has 0 saturated heterocycles. The van der Waals surface area contributed by atoms with Gasteiger partial charge in [0.15, 0.2) is 10.4 Å². The van der Waals surface area contributed by atoms with E-state index >= 15 is 0 Å². The average molecular weight is 405 g/mol. The minimum absolute atomic E-state index is 0.00535. The third-order valence-electron chi connectivity index (χ3n) is 3.16. The zero-order valence-electron chi connectivity index (χ0n) is 13.3. The Hall–Kier alpha value is -3.01. The second kappa shape index (κ2) is 6.85. The van der Waals surface area contributed by atoms with Gasteiger partial charge in [0.05, 0.1) is 5.69 Å². The fraction of sp³-hybridized carbons (Fsp3) is 0.133. The molecule has 0 aliphatic heterocycles. The van der Waals surface area contributed by atoms with Crippen LogP contribution in [-0.2, 0) is 0 Å². The van der Waals surface area contributed by atoms with Crippen LogP contribution in [0.25, 0.3) is 5.69 Å². The number of halogens is 1. The number of anilines is 1. The van der Waals surface area contributed by atoms with Crippen molar-refractivity contribution in [2.24, 2.45) is 0 Å². The number of carbonyl (C=O) groups is 2. The molecule has 2 amide bonds. The number of amides is 2. The van der Waals surface area contributed by atoms with Crippen LogP contribution in [0, 0.1) is 0 Å². The minimum Gasteiger partial charge on any atom is -0.444 e. The van der Waals surface area contributed by atoms with Gasteiger partial charge in [0, 0.05) is 19.8 Å². The lowest BCUT2D eigenvalue weighted by molar-refractivity contribution is 0.0815. The topological polar surface area (TPSA) is 106 Å². The van der Waals surface area contributed by atoms with Gasteiger partial charge in [-0.15, -0.1) is 15.0 Å². The van der Waals surface area contributed by atoms with Crippen LogP contribution in [0.4, 0.5) is 5.69 Å². The maximum atomic E-state index is 12.0. The predicted octanol–water partition coefficient (Wildman–Crippen LogP) is 1.97. The third kappa shape index (κ3) is 3.74. The molecule has 0 fully saturated rings. The Labute approximate surface area is 150 Å². The number of furan rings is 1. The zero-order valence-corrected chi connectivity index (χ0v) is 14.9. The Balaban J connectivity index is 1.72. The molecule has 0 aliphatic rings. The second-order valence-corrected chi connectivity index (χ2v) is 5.99. The van der Waals surface area contributed by atoms with Crippen LogP contribution in [0.3, 0.4) is 0 Å². The molecule has 0 aliphatic carbocycles. The first kappa shape index (κ1) is 16.8. The molecule has 128 valence electrons. The fourth-order valence-corrected chi connectivity index (χ4v) is 2.22. The lowest BCUT2D eigenvalue weighted by atomic mass is 10.3. The smallest absolute Gasteiger partial charge is 0.294 e. The Morgan fingerprint density at radius 1 is 1.16 bits per heavy atom. The molecule has 10 heteroatoms. The fourth-order valence-electron chi connectivity index (χ4n) is 1.92. The molecule has 0 atom stereocenters. The molecule has 3 aromatic rings. The molecule has 0 unspecified atom stereocenters. The van der Waals surface area contributed by atoms with Gasteiger partial charge in [-0.1, -0.05) is 0 Å². The number of nitrogens with zero attached hydrogens (tertiary/aromatic N) is 5. The number of hydrogen-bond acceptors (Lipinski definition) is 6. The van der Waals surface area contributed by atoms with E-state index in [1.807, 2.05) is 0 Å². The number of aromatic nitrogens is 4. The highest BCUT2D eigenvalue weighted by Gasteiger charge is 2.15. The van der Waals surface area contributed by atoms with Crippen LogP contribution in [0.1, 0.15) is 21.2 Å². The molecule has 2 heterocycles. The van der Waals surface area contributed by atoms with E-state index in [-0.39, 0.29) is 23.4 Å². The molecule has 25 heavy (non-hydrogen) atoms. The molecular weight excluding hydrogens is 392 g/mol. The van der Waals surface area contributed by atoms with Gasteiger partial charge in [-0.3, -0.25) is 9.59 Å². The third-order valence-corrected chi connectivity index (χ3v) is 3.59. The van der Waals surface area contributed by atoms with E-state index in [1.54, 1.807) is 50.5 Å². The van der Waals surface area contributed by atoms with Crippen LogP contribution < -0.4 is 5.32 Å². The summed E-state index contributed by atoms with van der Waals surface area (Å²) in [6.45, 7) is 0. The van der Waals surface area contributed by atoms with Crippen molar-refractivity contribution < 1.29 is 14.0 Å². The molecule has 0 radical (unpaired) electrons. The van der Waals surface area contributed by atoms with Crippen molar-refractivity contribution in [3.8, 4) is 5.69 Å². The Bertz CT molecular complexity index is 916. The standard InChI is InChI=1S/C15H13BrN6O3/c1-21(2)15(24)13-18-20-22(19-13)10-5-3-9(4-6-10)17-14(23)11-7-8-12(16)25-11/h3-8H,1-2H3,(H,17,23). The number of tetrazole rings is 1. The number of carbonyl (C=O) groups excluding carboxylic acids is 2. The highest BCUT2D eigenvalue weighted by atomic mass is 79.9. The molecule has 0 bridgehead atoms. The molecule has 9 nitrogen and oxygen atoms in total. The van der Waals surface area contributed by atoms with Crippen molar-refractivity contribution in [1.82, 2.24) is 25.1 Å². The van der Waals surface area contributed by atoms with Crippen LogP contribution >= 0.6 is 15.9 Å². The SMILES string of the molecule is CN(C)C(=O)c1nnn(-c2ccc(NC(=O)c3ccc(Br)o3)cc2)n1. The van der Waals surface area contributed by atoms with E-state index in [0.717, 1.165) is 0 Å². The lowest BCUT2D eigenvalue weighted by Gasteiger charge is -2.05. The van der Waals surface area contributed by atoms with E-state index in [1.165, 1.54) is 9.70 Å². The van der Waals surface area contributed by atoms with Gasteiger partial charge < -0.3 is 14.6 Å². The van der Waals surface area contributed by atoms with Crippen molar-refractivity contribution in [3.63, 3.8) is 0 Å². The second-order valence-electron chi connectivity index (χ2n) is 5.21. The number of rotatable bonds is 4. The van der Waals surface area contributed by atoms with Gasteiger partial charge in [-0.25, -0.2) is 0 Å². The maximum Gasteiger partial charge on any atom is 0.294 e. The summed E-state index contributed by atoms with van der Waals surface area (Å²) >= 11 is 3.15. The number of nitrogens with one attached hydrogen (secondary N) is 1. The van der Waals surface area contributed by atoms with Crippen molar-refractivity contribution in [2.45, 2.75) is 0 Å². The molecular formula is C15H13BrN6O3. The highest BCUT2D eigenvalue weighted by molar-refractivity contribution is 9.10. The van der Waals surface area contributed by atoms with E-state index in [2.05, 4.69) is 36.7 Å². The number of hydrogen-bond donors (Lipinski definition) is 1. The van der Waals surface area contributed by atoms with Crippen molar-refractivity contribution in [1.29, 1.82) is 0 Å². The summed E-state index contributed by atoms with van der Waals surface area (Å²) in [5.74, 6) is -0.498. The molecule has 1 N–H and O–H groups in total. The summed E-state index contributed by atoms with van der Waals surface area (Å²) in [5, 5.41) is 14.3. The van der Waals surface area contributed by atoms with Crippen molar-refractivity contribution in [3.05, 3.63) is 52.7 Å². The highest BCUT2D eigenvalue weighted by Crippen LogP contribution is 2.17. The van der Waals surface area contributed by atoms with E-state index in [9.17, 15) is 9.59 Å². The van der Waals surface area contributed by atoms with Gasteiger partial charge in [-0.05, 0) is 57.5 Å². The quantitative estimate of drug-likeness (QED) is 0.712. The minimum atomic E-state index is -0.365. The van der Waals surface area contributed by atoms with Crippen LogP contribution in [-0.4, -0.2) is 51.0 Å². The molecule has 2 aromatic heterocycles.